The van der Waals surface area contributed by atoms with E-state index in [1.165, 1.54) is 6.42 Å². The van der Waals surface area contributed by atoms with Crippen molar-refractivity contribution in [1.29, 1.82) is 0 Å². The molecule has 0 bridgehead atoms. The molecule has 2 unspecified atom stereocenters. The van der Waals surface area contributed by atoms with Crippen molar-refractivity contribution < 1.29 is 9.47 Å². The average Bonchev–Trinajstić information content (AvgIpc) is 2.26. The molecule has 0 radical (unpaired) electrons. The molecule has 0 aromatic carbocycles. The van der Waals surface area contributed by atoms with Gasteiger partial charge in [0.25, 0.3) is 0 Å². The quantitative estimate of drug-likeness (QED) is 0.642. The van der Waals surface area contributed by atoms with Crippen LogP contribution >= 0.6 is 0 Å². The summed E-state index contributed by atoms with van der Waals surface area (Å²) in [4.78, 5) is 0. The molecule has 0 amide bonds. The van der Waals surface area contributed by atoms with Crippen molar-refractivity contribution in [2.45, 2.75) is 71.6 Å². The molecule has 3 nitrogen and oxygen atoms in total. The molecule has 0 fully saturated rings. The summed E-state index contributed by atoms with van der Waals surface area (Å²) in [6.07, 6.45) is 3.49. The number of rotatable bonds is 10. The molecule has 1 N–H and O–H groups in total. The Labute approximate surface area is 107 Å². The standard InChI is InChI=1S/C14H31NO2/c1-7-9-15-12(2)11-13(3)17-10-8-14(4,5)16-6/h12-13,15H,7-11H2,1-6H3. The first kappa shape index (κ1) is 16.9. The minimum absolute atomic E-state index is 0.0776. The van der Waals surface area contributed by atoms with Crippen LogP contribution in [0.4, 0.5) is 0 Å². The second-order valence-electron chi connectivity index (χ2n) is 5.49. The molecule has 3 heteroatoms. The predicted octanol–water partition coefficient (Wildman–Crippen LogP) is 2.98. The number of methoxy groups -OCH3 is 1. The molecular weight excluding hydrogens is 214 g/mol. The number of ether oxygens (including phenoxy) is 2. The fourth-order valence-corrected chi connectivity index (χ4v) is 1.65. The molecule has 2 atom stereocenters. The van der Waals surface area contributed by atoms with E-state index in [4.69, 9.17) is 9.47 Å². The van der Waals surface area contributed by atoms with Crippen LogP contribution in [0.15, 0.2) is 0 Å². The molecule has 0 aromatic rings. The van der Waals surface area contributed by atoms with Crippen LogP contribution in [0, 0.1) is 0 Å². The minimum Gasteiger partial charge on any atom is -0.379 e. The molecule has 0 aromatic heterocycles. The lowest BCUT2D eigenvalue weighted by Crippen LogP contribution is -2.31. The summed E-state index contributed by atoms with van der Waals surface area (Å²) >= 11 is 0. The zero-order chi connectivity index (χ0) is 13.3. The van der Waals surface area contributed by atoms with Gasteiger partial charge in [0.1, 0.15) is 0 Å². The highest BCUT2D eigenvalue weighted by atomic mass is 16.5. The van der Waals surface area contributed by atoms with E-state index in [1.54, 1.807) is 7.11 Å². The first-order valence-corrected chi connectivity index (χ1v) is 6.81. The van der Waals surface area contributed by atoms with Gasteiger partial charge in [0, 0.05) is 19.8 Å². The Balaban J connectivity index is 3.62. The molecule has 0 spiro atoms. The van der Waals surface area contributed by atoms with Crippen LogP contribution in [0.3, 0.4) is 0 Å². The molecule has 0 saturated heterocycles. The van der Waals surface area contributed by atoms with E-state index in [1.807, 2.05) is 0 Å². The highest BCUT2D eigenvalue weighted by molar-refractivity contribution is 4.68. The highest BCUT2D eigenvalue weighted by Crippen LogP contribution is 2.13. The van der Waals surface area contributed by atoms with Gasteiger partial charge in [0.2, 0.25) is 0 Å². The van der Waals surface area contributed by atoms with Crippen molar-refractivity contribution in [3.63, 3.8) is 0 Å². The van der Waals surface area contributed by atoms with Crippen LogP contribution in [0.1, 0.15) is 53.9 Å². The Morgan fingerprint density at radius 2 is 1.88 bits per heavy atom. The first-order valence-electron chi connectivity index (χ1n) is 6.81. The van der Waals surface area contributed by atoms with E-state index in [0.29, 0.717) is 12.1 Å². The first-order chi connectivity index (χ1) is 7.91. The summed E-state index contributed by atoms with van der Waals surface area (Å²) < 4.78 is 11.2. The number of nitrogens with one attached hydrogen (secondary N) is 1. The van der Waals surface area contributed by atoms with E-state index in [0.717, 1.165) is 26.0 Å². The van der Waals surface area contributed by atoms with Crippen molar-refractivity contribution >= 4 is 0 Å². The monoisotopic (exact) mass is 245 g/mol. The third-order valence-electron chi connectivity index (χ3n) is 3.09. The molecule has 17 heavy (non-hydrogen) atoms. The lowest BCUT2D eigenvalue weighted by Gasteiger charge is -2.24. The van der Waals surface area contributed by atoms with Crippen molar-refractivity contribution in [3.05, 3.63) is 0 Å². The summed E-state index contributed by atoms with van der Waals surface area (Å²) in [5.41, 5.74) is -0.0776. The van der Waals surface area contributed by atoms with E-state index in [-0.39, 0.29) is 5.60 Å². The van der Waals surface area contributed by atoms with E-state index in [9.17, 15) is 0 Å². The maximum Gasteiger partial charge on any atom is 0.0644 e. The van der Waals surface area contributed by atoms with E-state index >= 15 is 0 Å². The molecule has 0 saturated carbocycles. The summed E-state index contributed by atoms with van der Waals surface area (Å²) in [6.45, 7) is 12.6. The van der Waals surface area contributed by atoms with Gasteiger partial charge in [-0.15, -0.1) is 0 Å². The van der Waals surface area contributed by atoms with Crippen LogP contribution in [0.5, 0.6) is 0 Å². The molecule has 0 rings (SSSR count). The Morgan fingerprint density at radius 3 is 2.41 bits per heavy atom. The second kappa shape index (κ2) is 8.90. The lowest BCUT2D eigenvalue weighted by atomic mass is 10.1. The zero-order valence-electron chi connectivity index (χ0n) is 12.5. The van der Waals surface area contributed by atoms with Crippen LogP contribution in [-0.2, 0) is 9.47 Å². The summed E-state index contributed by atoms with van der Waals surface area (Å²) in [5, 5.41) is 3.48. The molecule has 0 heterocycles. The molecule has 0 aliphatic carbocycles. The predicted molar refractivity (Wildman–Crippen MR) is 73.5 cm³/mol. The van der Waals surface area contributed by atoms with Gasteiger partial charge in [0.05, 0.1) is 11.7 Å². The van der Waals surface area contributed by atoms with Gasteiger partial charge in [-0.25, -0.2) is 0 Å². The third-order valence-corrected chi connectivity index (χ3v) is 3.09. The second-order valence-corrected chi connectivity index (χ2v) is 5.49. The zero-order valence-corrected chi connectivity index (χ0v) is 12.5. The topological polar surface area (TPSA) is 30.5 Å². The van der Waals surface area contributed by atoms with Gasteiger partial charge in [-0.05, 0) is 53.5 Å². The molecular formula is C14H31NO2. The average molecular weight is 245 g/mol. The smallest absolute Gasteiger partial charge is 0.0644 e. The Kier molecular flexibility index (Phi) is 8.83. The normalized spacial score (nSPS) is 15.9. The van der Waals surface area contributed by atoms with Crippen LogP contribution in [0.25, 0.3) is 0 Å². The fraction of sp³-hybridized carbons (Fsp3) is 1.00. The van der Waals surface area contributed by atoms with Gasteiger partial charge in [-0.3, -0.25) is 0 Å². The van der Waals surface area contributed by atoms with E-state index < -0.39 is 0 Å². The molecule has 0 aliphatic heterocycles. The summed E-state index contributed by atoms with van der Waals surface area (Å²) in [6, 6.07) is 0.528. The minimum atomic E-state index is -0.0776. The van der Waals surface area contributed by atoms with Crippen molar-refractivity contribution in [1.82, 2.24) is 5.32 Å². The Hall–Kier alpha value is -0.120. The number of hydrogen-bond donors (Lipinski definition) is 1. The molecule has 104 valence electrons. The largest absolute Gasteiger partial charge is 0.379 e. The highest BCUT2D eigenvalue weighted by Gasteiger charge is 2.16. The summed E-state index contributed by atoms with van der Waals surface area (Å²) in [7, 11) is 1.75. The van der Waals surface area contributed by atoms with Crippen molar-refractivity contribution in [2.75, 3.05) is 20.3 Å². The SMILES string of the molecule is CCCNC(C)CC(C)OCCC(C)(C)OC. The van der Waals surface area contributed by atoms with Crippen molar-refractivity contribution in [2.24, 2.45) is 0 Å². The maximum absolute atomic E-state index is 5.81. The van der Waals surface area contributed by atoms with Gasteiger partial charge in [-0.2, -0.15) is 0 Å². The van der Waals surface area contributed by atoms with Gasteiger partial charge in [-0.1, -0.05) is 6.92 Å². The fourth-order valence-electron chi connectivity index (χ4n) is 1.65. The van der Waals surface area contributed by atoms with Crippen molar-refractivity contribution in [3.8, 4) is 0 Å². The molecule has 0 aliphatic rings. The van der Waals surface area contributed by atoms with Crippen LogP contribution < -0.4 is 5.32 Å². The van der Waals surface area contributed by atoms with Crippen LogP contribution in [-0.4, -0.2) is 38.0 Å². The lowest BCUT2D eigenvalue weighted by molar-refractivity contribution is -0.0258. The Morgan fingerprint density at radius 1 is 1.24 bits per heavy atom. The summed E-state index contributed by atoms with van der Waals surface area (Å²) in [5.74, 6) is 0. The third kappa shape index (κ3) is 9.57. The Bertz CT molecular complexity index is 183. The van der Waals surface area contributed by atoms with Gasteiger partial charge < -0.3 is 14.8 Å². The van der Waals surface area contributed by atoms with Gasteiger partial charge in [0.15, 0.2) is 0 Å². The van der Waals surface area contributed by atoms with E-state index in [2.05, 4.69) is 39.9 Å². The van der Waals surface area contributed by atoms with Crippen LogP contribution in [0.2, 0.25) is 0 Å². The maximum atomic E-state index is 5.81. The number of hydrogen-bond acceptors (Lipinski definition) is 3. The van der Waals surface area contributed by atoms with Gasteiger partial charge >= 0.3 is 0 Å².